The molecule has 1 aliphatic heterocycles. The average molecular weight is 351 g/mol. The minimum Gasteiger partial charge on any atom is -0.342 e. The second-order valence-electron chi connectivity index (χ2n) is 7.02. The molecule has 2 rings (SSSR count). The SMILES string of the molecule is CCN(CC)C(=O)CN1CCCN(C(=O)NCC2CC=CCC2)CC1. The van der Waals surface area contributed by atoms with E-state index in [0.29, 0.717) is 19.0 Å². The molecule has 142 valence electrons. The van der Waals surface area contributed by atoms with Crippen molar-refractivity contribution < 1.29 is 9.59 Å². The molecule has 0 aromatic rings. The summed E-state index contributed by atoms with van der Waals surface area (Å²) in [6, 6.07) is 0.0477. The predicted molar refractivity (Wildman–Crippen MR) is 100 cm³/mol. The van der Waals surface area contributed by atoms with E-state index in [1.54, 1.807) is 0 Å². The number of nitrogens with zero attached hydrogens (tertiary/aromatic N) is 3. The summed E-state index contributed by atoms with van der Waals surface area (Å²) in [6.07, 6.45) is 8.72. The van der Waals surface area contributed by atoms with E-state index in [1.165, 1.54) is 0 Å². The molecule has 1 unspecified atom stereocenters. The lowest BCUT2D eigenvalue weighted by Crippen LogP contribution is -2.44. The van der Waals surface area contributed by atoms with Crippen LogP contribution < -0.4 is 5.32 Å². The molecule has 1 saturated heterocycles. The third-order valence-corrected chi connectivity index (χ3v) is 5.27. The zero-order valence-corrected chi connectivity index (χ0v) is 15.9. The van der Waals surface area contributed by atoms with Crippen molar-refractivity contribution in [2.75, 3.05) is 52.4 Å². The summed E-state index contributed by atoms with van der Waals surface area (Å²) < 4.78 is 0. The molecule has 1 fully saturated rings. The van der Waals surface area contributed by atoms with Crippen LogP contribution in [0.1, 0.15) is 39.5 Å². The molecule has 25 heavy (non-hydrogen) atoms. The number of allylic oxidation sites excluding steroid dienone is 2. The van der Waals surface area contributed by atoms with Crippen molar-refractivity contribution >= 4 is 11.9 Å². The molecule has 0 aromatic carbocycles. The van der Waals surface area contributed by atoms with Crippen LogP contribution in [0.25, 0.3) is 0 Å². The Morgan fingerprint density at radius 1 is 1.12 bits per heavy atom. The molecule has 1 heterocycles. The Labute approximate surface area is 152 Å². The summed E-state index contributed by atoms with van der Waals surface area (Å²) in [5, 5.41) is 3.10. The maximum Gasteiger partial charge on any atom is 0.317 e. The minimum atomic E-state index is 0.0477. The van der Waals surface area contributed by atoms with Gasteiger partial charge < -0.3 is 15.1 Å². The van der Waals surface area contributed by atoms with E-state index in [2.05, 4.69) is 22.4 Å². The minimum absolute atomic E-state index is 0.0477. The van der Waals surface area contributed by atoms with Gasteiger partial charge in [0.05, 0.1) is 6.54 Å². The van der Waals surface area contributed by atoms with Gasteiger partial charge in [0.15, 0.2) is 0 Å². The average Bonchev–Trinajstić information content (AvgIpc) is 2.87. The molecule has 3 amide bonds. The fourth-order valence-electron chi connectivity index (χ4n) is 3.58. The Hall–Kier alpha value is -1.56. The first-order chi connectivity index (χ1) is 12.1. The number of hydrogen-bond acceptors (Lipinski definition) is 3. The summed E-state index contributed by atoms with van der Waals surface area (Å²) in [7, 11) is 0. The lowest BCUT2D eigenvalue weighted by molar-refractivity contribution is -0.132. The second kappa shape index (κ2) is 10.4. The van der Waals surface area contributed by atoms with E-state index in [4.69, 9.17) is 0 Å². The Morgan fingerprint density at radius 3 is 2.60 bits per heavy atom. The normalized spacial score (nSPS) is 21.7. The molecular weight excluding hydrogens is 316 g/mol. The van der Waals surface area contributed by atoms with Gasteiger partial charge in [0, 0.05) is 45.8 Å². The first-order valence-electron chi connectivity index (χ1n) is 9.81. The fourth-order valence-corrected chi connectivity index (χ4v) is 3.58. The number of carbonyl (C=O) groups is 2. The van der Waals surface area contributed by atoms with E-state index < -0.39 is 0 Å². The highest BCUT2D eigenvalue weighted by Gasteiger charge is 2.22. The Kier molecular flexibility index (Phi) is 8.25. The van der Waals surface area contributed by atoms with Crippen molar-refractivity contribution in [3.8, 4) is 0 Å². The molecule has 1 aliphatic carbocycles. The summed E-state index contributed by atoms with van der Waals surface area (Å²) in [4.78, 5) is 30.6. The second-order valence-corrected chi connectivity index (χ2v) is 7.02. The highest BCUT2D eigenvalue weighted by Crippen LogP contribution is 2.17. The molecule has 6 heteroatoms. The van der Waals surface area contributed by atoms with Gasteiger partial charge in [-0.2, -0.15) is 0 Å². The van der Waals surface area contributed by atoms with Gasteiger partial charge in [-0.25, -0.2) is 4.79 Å². The number of carbonyl (C=O) groups excluding carboxylic acids is 2. The largest absolute Gasteiger partial charge is 0.342 e. The first-order valence-corrected chi connectivity index (χ1v) is 9.81. The van der Waals surface area contributed by atoms with Crippen molar-refractivity contribution in [1.29, 1.82) is 0 Å². The van der Waals surface area contributed by atoms with Crippen LogP contribution in [0.3, 0.4) is 0 Å². The zero-order chi connectivity index (χ0) is 18.1. The quantitative estimate of drug-likeness (QED) is 0.745. The third kappa shape index (κ3) is 6.34. The van der Waals surface area contributed by atoms with Gasteiger partial charge in [-0.1, -0.05) is 12.2 Å². The molecule has 0 bridgehead atoms. The number of rotatable bonds is 6. The molecule has 0 aromatic heterocycles. The van der Waals surface area contributed by atoms with Crippen LogP contribution in [-0.4, -0.2) is 79.0 Å². The van der Waals surface area contributed by atoms with Crippen molar-refractivity contribution in [2.45, 2.75) is 39.5 Å². The fraction of sp³-hybridized carbons (Fsp3) is 0.789. The topological polar surface area (TPSA) is 55.9 Å². The van der Waals surface area contributed by atoms with Crippen molar-refractivity contribution in [2.24, 2.45) is 5.92 Å². The monoisotopic (exact) mass is 350 g/mol. The van der Waals surface area contributed by atoms with E-state index in [9.17, 15) is 9.59 Å². The van der Waals surface area contributed by atoms with Crippen molar-refractivity contribution in [3.05, 3.63) is 12.2 Å². The summed E-state index contributed by atoms with van der Waals surface area (Å²) >= 11 is 0. The molecule has 0 radical (unpaired) electrons. The van der Waals surface area contributed by atoms with Crippen LogP contribution in [0.15, 0.2) is 12.2 Å². The van der Waals surface area contributed by atoms with Gasteiger partial charge in [-0.05, 0) is 45.4 Å². The van der Waals surface area contributed by atoms with Gasteiger partial charge in [0.1, 0.15) is 0 Å². The van der Waals surface area contributed by atoms with Crippen molar-refractivity contribution in [3.63, 3.8) is 0 Å². The standard InChI is InChI=1S/C19H34N4O2/c1-3-22(4-2)18(24)16-21-11-8-12-23(14-13-21)19(25)20-15-17-9-6-5-7-10-17/h5-6,17H,3-4,7-16H2,1-2H3,(H,20,25). The van der Waals surface area contributed by atoms with Gasteiger partial charge in [-0.3, -0.25) is 9.69 Å². The molecule has 0 spiro atoms. The molecule has 2 aliphatic rings. The number of hydrogen-bond donors (Lipinski definition) is 1. The molecule has 0 saturated carbocycles. The molecule has 6 nitrogen and oxygen atoms in total. The summed E-state index contributed by atoms with van der Waals surface area (Å²) in [5.74, 6) is 0.761. The van der Waals surface area contributed by atoms with Crippen LogP contribution in [0, 0.1) is 5.92 Å². The first kappa shape index (κ1) is 19.8. The number of amides is 3. The van der Waals surface area contributed by atoms with Gasteiger partial charge in [0.2, 0.25) is 5.91 Å². The van der Waals surface area contributed by atoms with E-state index in [1.807, 2.05) is 23.6 Å². The zero-order valence-electron chi connectivity index (χ0n) is 15.9. The Bertz CT molecular complexity index is 462. The maximum absolute atomic E-state index is 12.4. The lowest BCUT2D eigenvalue weighted by atomic mass is 9.94. The van der Waals surface area contributed by atoms with E-state index in [-0.39, 0.29) is 11.9 Å². The predicted octanol–water partition coefficient (Wildman–Crippen LogP) is 1.93. The molecule has 1 atom stereocenters. The smallest absolute Gasteiger partial charge is 0.317 e. The number of nitrogens with one attached hydrogen (secondary N) is 1. The maximum atomic E-state index is 12.4. The number of likely N-dealkylation sites (N-methyl/N-ethyl adjacent to an activating group) is 1. The third-order valence-electron chi connectivity index (χ3n) is 5.27. The van der Waals surface area contributed by atoms with Gasteiger partial charge >= 0.3 is 6.03 Å². The van der Waals surface area contributed by atoms with Gasteiger partial charge in [0.25, 0.3) is 0 Å². The number of urea groups is 1. The highest BCUT2D eigenvalue weighted by atomic mass is 16.2. The van der Waals surface area contributed by atoms with Gasteiger partial charge in [-0.15, -0.1) is 0 Å². The molecule has 1 N–H and O–H groups in total. The summed E-state index contributed by atoms with van der Waals surface area (Å²) in [6.45, 7) is 9.89. The Balaban J connectivity index is 1.73. The van der Waals surface area contributed by atoms with Crippen LogP contribution in [0.5, 0.6) is 0 Å². The van der Waals surface area contributed by atoms with Crippen LogP contribution in [0.4, 0.5) is 4.79 Å². The van der Waals surface area contributed by atoms with Crippen LogP contribution in [0.2, 0.25) is 0 Å². The van der Waals surface area contributed by atoms with E-state index in [0.717, 1.165) is 65.0 Å². The van der Waals surface area contributed by atoms with Crippen LogP contribution >= 0.6 is 0 Å². The van der Waals surface area contributed by atoms with Crippen molar-refractivity contribution in [1.82, 2.24) is 20.0 Å². The highest BCUT2D eigenvalue weighted by molar-refractivity contribution is 5.78. The van der Waals surface area contributed by atoms with Crippen LogP contribution in [-0.2, 0) is 4.79 Å². The molecular formula is C19H34N4O2. The Morgan fingerprint density at radius 2 is 1.92 bits per heavy atom. The summed E-state index contributed by atoms with van der Waals surface area (Å²) in [5.41, 5.74) is 0. The lowest BCUT2D eigenvalue weighted by Gasteiger charge is -2.25. The van der Waals surface area contributed by atoms with E-state index >= 15 is 0 Å².